The summed E-state index contributed by atoms with van der Waals surface area (Å²) in [5.41, 5.74) is 0.105. The molecule has 0 unspecified atom stereocenters. The molecule has 0 aromatic heterocycles. The van der Waals surface area contributed by atoms with Gasteiger partial charge in [-0.2, -0.15) is 0 Å². The first-order chi connectivity index (χ1) is 12.4. The van der Waals surface area contributed by atoms with Crippen LogP contribution in [0.15, 0.2) is 18.2 Å². The number of hydrogen-bond donors (Lipinski definition) is 0. The topological polar surface area (TPSA) is 29.5 Å². The quantitative estimate of drug-likeness (QED) is 0.742. The van der Waals surface area contributed by atoms with Crippen molar-refractivity contribution >= 4 is 5.91 Å². The first kappa shape index (κ1) is 16.6. The van der Waals surface area contributed by atoms with Crippen LogP contribution in [0.1, 0.15) is 57.6 Å². The van der Waals surface area contributed by atoms with Gasteiger partial charge in [0.2, 0.25) is 5.91 Å². The molecule has 1 saturated heterocycles. The summed E-state index contributed by atoms with van der Waals surface area (Å²) in [6, 6.07) is 5.23. The van der Waals surface area contributed by atoms with Gasteiger partial charge in [-0.1, -0.05) is 6.07 Å². The van der Waals surface area contributed by atoms with Gasteiger partial charge >= 0.3 is 0 Å². The van der Waals surface area contributed by atoms with Crippen LogP contribution in [0.5, 0.6) is 5.75 Å². The predicted octanol–water partition coefficient (Wildman–Crippen LogP) is 4.57. The van der Waals surface area contributed by atoms with E-state index < -0.39 is 5.41 Å². The average Bonchev–Trinajstić information content (AvgIpc) is 2.60. The monoisotopic (exact) mass is 357 g/mol. The summed E-state index contributed by atoms with van der Waals surface area (Å²) in [5.74, 6) is 3.45. The Morgan fingerprint density at radius 3 is 2.23 bits per heavy atom. The highest BCUT2D eigenvalue weighted by molar-refractivity contribution is 5.90. The van der Waals surface area contributed by atoms with Crippen molar-refractivity contribution in [1.82, 2.24) is 4.90 Å². The second kappa shape index (κ2) is 5.46. The molecule has 4 bridgehead atoms. The Balaban J connectivity index is 1.51. The molecule has 140 valence electrons. The number of amides is 1. The lowest BCUT2D eigenvalue weighted by atomic mass is 9.52. The summed E-state index contributed by atoms with van der Waals surface area (Å²) in [7, 11) is 1.55. The molecule has 1 aromatic rings. The highest BCUT2D eigenvalue weighted by atomic mass is 19.1. The van der Waals surface area contributed by atoms with Crippen LogP contribution in [-0.2, 0) is 4.79 Å². The molecule has 6 rings (SSSR count). The maximum atomic E-state index is 14.9. The number of nitrogens with zero attached hydrogens (tertiary/aromatic N) is 1. The molecule has 1 amide bonds. The molecule has 0 radical (unpaired) electrons. The minimum atomic E-state index is -0.538. The predicted molar refractivity (Wildman–Crippen MR) is 97.2 cm³/mol. The summed E-state index contributed by atoms with van der Waals surface area (Å²) < 4.78 is 20.0. The number of hydrogen-bond acceptors (Lipinski definition) is 2. The van der Waals surface area contributed by atoms with E-state index in [-0.39, 0.29) is 17.8 Å². The summed E-state index contributed by atoms with van der Waals surface area (Å²) in [6.07, 6.45) is 6.45. The molecule has 4 saturated carbocycles. The van der Waals surface area contributed by atoms with Crippen LogP contribution in [-0.4, -0.2) is 24.0 Å². The molecule has 1 atom stereocenters. The zero-order chi connectivity index (χ0) is 18.2. The molecular weight excluding hydrogens is 329 g/mol. The maximum absolute atomic E-state index is 14.9. The number of halogens is 1. The number of carbonyl (C=O) groups excluding carboxylic acids is 1. The molecule has 0 N–H and O–H groups in total. The molecule has 4 heteroatoms. The number of benzene rings is 1. The van der Waals surface area contributed by atoms with Crippen molar-refractivity contribution in [1.29, 1.82) is 0 Å². The van der Waals surface area contributed by atoms with E-state index in [0.717, 1.165) is 11.8 Å². The van der Waals surface area contributed by atoms with Gasteiger partial charge in [-0.05, 0) is 75.7 Å². The van der Waals surface area contributed by atoms with Crippen LogP contribution in [0, 0.1) is 34.9 Å². The van der Waals surface area contributed by atoms with E-state index in [1.807, 2.05) is 26.0 Å². The third-order valence-corrected chi connectivity index (χ3v) is 7.75. The molecule has 4 aliphatic carbocycles. The molecule has 1 aromatic carbocycles. The Labute approximate surface area is 154 Å². The van der Waals surface area contributed by atoms with Crippen molar-refractivity contribution < 1.29 is 13.9 Å². The number of likely N-dealkylation sites (tertiary alicyclic amines) is 1. The van der Waals surface area contributed by atoms with Gasteiger partial charge in [-0.15, -0.1) is 0 Å². The Hall–Kier alpha value is -1.58. The van der Waals surface area contributed by atoms with E-state index in [1.165, 1.54) is 38.2 Å². The van der Waals surface area contributed by atoms with Gasteiger partial charge in [0.15, 0.2) is 0 Å². The molecule has 26 heavy (non-hydrogen) atoms. The lowest BCUT2D eigenvalue weighted by molar-refractivity contribution is -0.192. The van der Waals surface area contributed by atoms with Crippen LogP contribution in [0.25, 0.3) is 0 Å². The second-order valence-corrected chi connectivity index (χ2v) is 9.65. The molecule has 5 aliphatic rings. The number of rotatable bonds is 3. The van der Waals surface area contributed by atoms with E-state index in [9.17, 15) is 9.18 Å². The minimum absolute atomic E-state index is 0.163. The fourth-order valence-corrected chi connectivity index (χ4v) is 6.90. The van der Waals surface area contributed by atoms with Crippen molar-refractivity contribution in [3.63, 3.8) is 0 Å². The van der Waals surface area contributed by atoms with E-state index in [0.29, 0.717) is 29.2 Å². The van der Waals surface area contributed by atoms with Gasteiger partial charge in [0.05, 0.1) is 18.6 Å². The first-order valence-corrected chi connectivity index (χ1v) is 10.1. The third-order valence-electron chi connectivity index (χ3n) is 7.75. The summed E-state index contributed by atoms with van der Waals surface area (Å²) >= 11 is 0. The van der Waals surface area contributed by atoms with Crippen LogP contribution < -0.4 is 4.74 Å². The number of methoxy groups -OCH3 is 1. The van der Waals surface area contributed by atoms with E-state index in [2.05, 4.69) is 4.90 Å². The Bertz CT molecular complexity index is 731. The number of carbonyl (C=O) groups is 1. The van der Waals surface area contributed by atoms with Gasteiger partial charge in [0, 0.05) is 17.7 Å². The molecule has 3 nitrogen and oxygen atoms in total. The molecule has 0 spiro atoms. The van der Waals surface area contributed by atoms with Crippen molar-refractivity contribution in [3.05, 3.63) is 29.6 Å². The minimum Gasteiger partial charge on any atom is -0.497 e. The van der Waals surface area contributed by atoms with Crippen molar-refractivity contribution in [2.75, 3.05) is 7.11 Å². The SMILES string of the molecule is COc1ccc([C@@H]2N(C3C4CC5CC(C4)CC3C5)C(=O)C2(C)C)c(F)c1. The van der Waals surface area contributed by atoms with Gasteiger partial charge in [-0.3, -0.25) is 4.79 Å². The highest BCUT2D eigenvalue weighted by Gasteiger charge is 2.62. The van der Waals surface area contributed by atoms with Gasteiger partial charge in [0.1, 0.15) is 11.6 Å². The number of β-lactam (4-membered cyclic amide) rings is 1. The maximum Gasteiger partial charge on any atom is 0.231 e. The standard InChI is InChI=1S/C22H28FNO2/c1-22(2)20(17-5-4-16(26-3)11-18(17)23)24(21(22)25)19-14-7-12-6-13(9-14)10-15(19)8-12/h4-5,11-15,19-20H,6-10H2,1-3H3/t12?,13?,14?,15?,19?,20-/m0/s1. The normalized spacial score (nSPS) is 39.8. The smallest absolute Gasteiger partial charge is 0.231 e. The van der Waals surface area contributed by atoms with Gasteiger partial charge in [-0.25, -0.2) is 4.39 Å². The largest absolute Gasteiger partial charge is 0.497 e. The lowest BCUT2D eigenvalue weighted by Crippen LogP contribution is -2.69. The summed E-state index contributed by atoms with van der Waals surface area (Å²) in [5, 5.41) is 0. The summed E-state index contributed by atoms with van der Waals surface area (Å²) in [4.78, 5) is 15.2. The highest BCUT2D eigenvalue weighted by Crippen LogP contribution is 2.61. The number of ether oxygens (including phenoxy) is 1. The Kier molecular flexibility index (Phi) is 3.48. The summed E-state index contributed by atoms with van der Waals surface area (Å²) in [6.45, 7) is 3.94. The average molecular weight is 357 g/mol. The molecule has 5 fully saturated rings. The van der Waals surface area contributed by atoms with E-state index in [4.69, 9.17) is 4.74 Å². The van der Waals surface area contributed by atoms with Crippen LogP contribution >= 0.6 is 0 Å². The van der Waals surface area contributed by atoms with Gasteiger partial charge in [0.25, 0.3) is 0 Å². The first-order valence-electron chi connectivity index (χ1n) is 10.1. The zero-order valence-electron chi connectivity index (χ0n) is 15.9. The molecule has 1 aliphatic heterocycles. The fourth-order valence-electron chi connectivity index (χ4n) is 6.90. The second-order valence-electron chi connectivity index (χ2n) is 9.65. The lowest BCUT2D eigenvalue weighted by Gasteiger charge is -2.64. The van der Waals surface area contributed by atoms with Crippen molar-refractivity contribution in [2.45, 2.75) is 58.0 Å². The zero-order valence-corrected chi connectivity index (χ0v) is 15.9. The van der Waals surface area contributed by atoms with Crippen molar-refractivity contribution in [2.24, 2.45) is 29.1 Å². The Morgan fingerprint density at radius 1 is 1.08 bits per heavy atom. The van der Waals surface area contributed by atoms with Crippen LogP contribution in [0.3, 0.4) is 0 Å². The fraction of sp³-hybridized carbons (Fsp3) is 0.682. The third kappa shape index (κ3) is 2.13. The van der Waals surface area contributed by atoms with Crippen molar-refractivity contribution in [3.8, 4) is 5.75 Å². The Morgan fingerprint density at radius 2 is 1.69 bits per heavy atom. The van der Waals surface area contributed by atoms with E-state index in [1.54, 1.807) is 7.11 Å². The molecule has 1 heterocycles. The van der Waals surface area contributed by atoms with Gasteiger partial charge < -0.3 is 9.64 Å². The molecular formula is C22H28FNO2. The van der Waals surface area contributed by atoms with Crippen LogP contribution in [0.2, 0.25) is 0 Å². The van der Waals surface area contributed by atoms with Crippen LogP contribution in [0.4, 0.5) is 4.39 Å². The van der Waals surface area contributed by atoms with E-state index >= 15 is 0 Å².